The van der Waals surface area contributed by atoms with Crippen LogP contribution in [0.5, 0.6) is 0 Å². The van der Waals surface area contributed by atoms with Crippen molar-refractivity contribution in [1.82, 2.24) is 0 Å². The standard InChI is InChI=1S/C16H18N2/c1-2-6-14(7-3-1)17-12-13-5-4-8-16(11-13)18-15-9-10-15/h1-8,11,15,17-18H,9-10,12H2. The fourth-order valence-electron chi connectivity index (χ4n) is 1.99. The molecule has 2 N–H and O–H groups in total. The highest BCUT2D eigenvalue weighted by Crippen LogP contribution is 2.25. The maximum Gasteiger partial charge on any atom is 0.0401 e. The summed E-state index contributed by atoms with van der Waals surface area (Å²) in [5.41, 5.74) is 3.72. The van der Waals surface area contributed by atoms with Gasteiger partial charge in [-0.1, -0.05) is 30.3 Å². The molecule has 1 aliphatic carbocycles. The van der Waals surface area contributed by atoms with Gasteiger partial charge in [-0.2, -0.15) is 0 Å². The first-order valence-electron chi connectivity index (χ1n) is 6.54. The van der Waals surface area contributed by atoms with Gasteiger partial charge in [0.25, 0.3) is 0 Å². The summed E-state index contributed by atoms with van der Waals surface area (Å²) in [5.74, 6) is 0. The largest absolute Gasteiger partial charge is 0.382 e. The topological polar surface area (TPSA) is 24.1 Å². The molecule has 0 amide bonds. The molecule has 2 nitrogen and oxygen atoms in total. The van der Waals surface area contributed by atoms with Gasteiger partial charge in [-0.25, -0.2) is 0 Å². The normalized spacial score (nSPS) is 14.2. The Morgan fingerprint density at radius 1 is 0.889 bits per heavy atom. The summed E-state index contributed by atoms with van der Waals surface area (Å²) in [7, 11) is 0. The summed E-state index contributed by atoms with van der Waals surface area (Å²) in [6.07, 6.45) is 2.62. The van der Waals surface area contributed by atoms with Crippen LogP contribution >= 0.6 is 0 Å². The van der Waals surface area contributed by atoms with Gasteiger partial charge in [0.2, 0.25) is 0 Å². The van der Waals surface area contributed by atoms with Gasteiger partial charge in [0, 0.05) is 24.0 Å². The molecule has 0 heterocycles. The highest BCUT2D eigenvalue weighted by molar-refractivity contribution is 5.49. The maximum absolute atomic E-state index is 3.53. The van der Waals surface area contributed by atoms with Crippen molar-refractivity contribution in [2.45, 2.75) is 25.4 Å². The van der Waals surface area contributed by atoms with Crippen LogP contribution in [0.3, 0.4) is 0 Å². The SMILES string of the molecule is c1ccc(NCc2cccc(NC3CC3)c2)cc1. The number of hydrogen-bond acceptors (Lipinski definition) is 2. The van der Waals surface area contributed by atoms with Crippen molar-refractivity contribution in [3.05, 3.63) is 60.2 Å². The van der Waals surface area contributed by atoms with Crippen LogP contribution in [-0.4, -0.2) is 6.04 Å². The molecule has 0 unspecified atom stereocenters. The lowest BCUT2D eigenvalue weighted by Gasteiger charge is -2.09. The van der Waals surface area contributed by atoms with Gasteiger partial charge in [0.1, 0.15) is 0 Å². The zero-order chi connectivity index (χ0) is 12.2. The minimum absolute atomic E-state index is 0.710. The average Bonchev–Trinajstić information content (AvgIpc) is 3.22. The second kappa shape index (κ2) is 5.13. The van der Waals surface area contributed by atoms with E-state index in [2.05, 4.69) is 47.0 Å². The highest BCUT2D eigenvalue weighted by atomic mass is 14.9. The lowest BCUT2D eigenvalue weighted by molar-refractivity contribution is 1.12. The van der Waals surface area contributed by atoms with Crippen molar-refractivity contribution in [2.75, 3.05) is 10.6 Å². The van der Waals surface area contributed by atoms with Crippen LogP contribution in [0.15, 0.2) is 54.6 Å². The Morgan fingerprint density at radius 3 is 2.44 bits per heavy atom. The van der Waals surface area contributed by atoms with Crippen molar-refractivity contribution in [3.8, 4) is 0 Å². The van der Waals surface area contributed by atoms with E-state index in [4.69, 9.17) is 0 Å². The number of hydrogen-bond donors (Lipinski definition) is 2. The first-order chi connectivity index (χ1) is 8.90. The number of nitrogens with one attached hydrogen (secondary N) is 2. The van der Waals surface area contributed by atoms with E-state index in [-0.39, 0.29) is 0 Å². The maximum atomic E-state index is 3.53. The summed E-state index contributed by atoms with van der Waals surface area (Å²) < 4.78 is 0. The van der Waals surface area contributed by atoms with Crippen molar-refractivity contribution >= 4 is 11.4 Å². The molecule has 18 heavy (non-hydrogen) atoms. The molecule has 0 aromatic heterocycles. The van der Waals surface area contributed by atoms with Crippen LogP contribution in [-0.2, 0) is 6.54 Å². The molecule has 0 radical (unpaired) electrons. The van der Waals surface area contributed by atoms with Gasteiger partial charge in [-0.3, -0.25) is 0 Å². The van der Waals surface area contributed by atoms with Crippen LogP contribution in [0.1, 0.15) is 18.4 Å². The molecule has 0 bridgehead atoms. The first-order valence-corrected chi connectivity index (χ1v) is 6.54. The molecule has 0 aliphatic heterocycles. The third-order valence-corrected chi connectivity index (χ3v) is 3.15. The summed E-state index contributed by atoms with van der Waals surface area (Å²) >= 11 is 0. The van der Waals surface area contributed by atoms with Gasteiger partial charge in [0.15, 0.2) is 0 Å². The second-order valence-electron chi connectivity index (χ2n) is 4.84. The van der Waals surface area contributed by atoms with Gasteiger partial charge in [-0.15, -0.1) is 0 Å². The molecule has 2 aromatic carbocycles. The number of rotatable bonds is 5. The summed E-state index contributed by atoms with van der Waals surface area (Å²) in [4.78, 5) is 0. The van der Waals surface area contributed by atoms with E-state index in [1.54, 1.807) is 0 Å². The molecule has 92 valence electrons. The van der Waals surface area contributed by atoms with E-state index < -0.39 is 0 Å². The lowest BCUT2D eigenvalue weighted by atomic mass is 10.2. The average molecular weight is 238 g/mol. The van der Waals surface area contributed by atoms with Gasteiger partial charge in [0.05, 0.1) is 0 Å². The molecule has 2 aromatic rings. The number of para-hydroxylation sites is 1. The van der Waals surface area contributed by atoms with Crippen molar-refractivity contribution in [1.29, 1.82) is 0 Å². The zero-order valence-electron chi connectivity index (χ0n) is 10.4. The second-order valence-corrected chi connectivity index (χ2v) is 4.84. The molecule has 1 saturated carbocycles. The summed E-state index contributed by atoms with van der Waals surface area (Å²) in [6.45, 7) is 0.865. The van der Waals surface area contributed by atoms with E-state index in [1.807, 2.05) is 18.2 Å². The zero-order valence-corrected chi connectivity index (χ0v) is 10.4. The minimum atomic E-state index is 0.710. The van der Waals surface area contributed by atoms with Crippen molar-refractivity contribution < 1.29 is 0 Å². The number of anilines is 2. The smallest absolute Gasteiger partial charge is 0.0401 e. The fourth-order valence-corrected chi connectivity index (χ4v) is 1.99. The predicted molar refractivity (Wildman–Crippen MR) is 76.9 cm³/mol. The Kier molecular flexibility index (Phi) is 3.18. The van der Waals surface area contributed by atoms with Crippen LogP contribution in [0.25, 0.3) is 0 Å². The molecule has 3 rings (SSSR count). The minimum Gasteiger partial charge on any atom is -0.382 e. The Labute approximate surface area is 108 Å². The quantitative estimate of drug-likeness (QED) is 0.826. The first kappa shape index (κ1) is 11.1. The van der Waals surface area contributed by atoms with E-state index in [0.29, 0.717) is 6.04 Å². The highest BCUT2D eigenvalue weighted by Gasteiger charge is 2.20. The predicted octanol–water partition coefficient (Wildman–Crippen LogP) is 3.87. The Hall–Kier alpha value is -1.96. The van der Waals surface area contributed by atoms with Crippen LogP contribution < -0.4 is 10.6 Å². The monoisotopic (exact) mass is 238 g/mol. The summed E-state index contributed by atoms with van der Waals surface area (Å²) in [6, 6.07) is 19.7. The molecule has 0 saturated heterocycles. The van der Waals surface area contributed by atoms with Crippen LogP contribution in [0, 0.1) is 0 Å². The van der Waals surface area contributed by atoms with Gasteiger partial charge in [-0.05, 0) is 42.7 Å². The van der Waals surface area contributed by atoms with Gasteiger partial charge < -0.3 is 10.6 Å². The molecule has 2 heteroatoms. The summed E-state index contributed by atoms with van der Waals surface area (Å²) in [5, 5.41) is 6.96. The van der Waals surface area contributed by atoms with Crippen LogP contribution in [0.4, 0.5) is 11.4 Å². The Balaban J connectivity index is 1.61. The third kappa shape index (κ3) is 3.04. The van der Waals surface area contributed by atoms with E-state index in [9.17, 15) is 0 Å². The molecular weight excluding hydrogens is 220 g/mol. The van der Waals surface area contributed by atoms with E-state index in [1.165, 1.54) is 24.1 Å². The lowest BCUT2D eigenvalue weighted by Crippen LogP contribution is -2.03. The van der Waals surface area contributed by atoms with Crippen molar-refractivity contribution in [3.63, 3.8) is 0 Å². The molecule has 0 spiro atoms. The Morgan fingerprint density at radius 2 is 1.67 bits per heavy atom. The number of benzene rings is 2. The molecule has 1 aliphatic rings. The van der Waals surface area contributed by atoms with Crippen LogP contribution in [0.2, 0.25) is 0 Å². The Bertz CT molecular complexity index is 504. The molecule has 0 atom stereocenters. The van der Waals surface area contributed by atoms with E-state index >= 15 is 0 Å². The molecular formula is C16H18N2. The van der Waals surface area contributed by atoms with E-state index in [0.717, 1.165) is 12.2 Å². The molecule has 1 fully saturated rings. The van der Waals surface area contributed by atoms with Gasteiger partial charge >= 0.3 is 0 Å². The third-order valence-electron chi connectivity index (χ3n) is 3.15. The fraction of sp³-hybridized carbons (Fsp3) is 0.250. The van der Waals surface area contributed by atoms with Crippen molar-refractivity contribution in [2.24, 2.45) is 0 Å².